The molecule has 0 aromatic heterocycles. The molecule has 0 aromatic rings. The summed E-state index contributed by atoms with van der Waals surface area (Å²) in [5.74, 6) is 0.461. The molecule has 1 unspecified atom stereocenters. The van der Waals surface area contributed by atoms with Gasteiger partial charge in [-0.15, -0.1) is 0 Å². The number of hydrogen-bond donors (Lipinski definition) is 1. The molecule has 14 heavy (non-hydrogen) atoms. The molecule has 0 rings (SSSR count). The van der Waals surface area contributed by atoms with E-state index >= 15 is 0 Å². The van der Waals surface area contributed by atoms with Gasteiger partial charge in [-0.2, -0.15) is 0 Å². The minimum atomic E-state index is -0.158. The largest absolute Gasteiger partial charge is 0.465 e. The van der Waals surface area contributed by atoms with E-state index in [-0.39, 0.29) is 18.5 Å². The van der Waals surface area contributed by atoms with E-state index in [1.165, 1.54) is 0 Å². The summed E-state index contributed by atoms with van der Waals surface area (Å²) < 4.78 is 5.04. The van der Waals surface area contributed by atoms with E-state index in [4.69, 9.17) is 9.84 Å². The van der Waals surface area contributed by atoms with Crippen molar-refractivity contribution in [3.05, 3.63) is 0 Å². The number of ether oxygens (including phenoxy) is 1. The van der Waals surface area contributed by atoms with Crippen molar-refractivity contribution in [3.63, 3.8) is 0 Å². The van der Waals surface area contributed by atoms with Crippen molar-refractivity contribution in [3.8, 4) is 0 Å². The Morgan fingerprint density at radius 3 is 2.50 bits per heavy atom. The summed E-state index contributed by atoms with van der Waals surface area (Å²) in [7, 11) is 0. The van der Waals surface area contributed by atoms with Crippen molar-refractivity contribution in [2.75, 3.05) is 13.2 Å². The van der Waals surface area contributed by atoms with Crippen molar-refractivity contribution in [1.82, 2.24) is 0 Å². The van der Waals surface area contributed by atoms with E-state index in [0.717, 1.165) is 12.8 Å². The van der Waals surface area contributed by atoms with Gasteiger partial charge in [0.2, 0.25) is 0 Å². The zero-order valence-corrected chi connectivity index (χ0v) is 9.45. The molecular formula is C11H22O3. The molecule has 0 radical (unpaired) electrons. The van der Waals surface area contributed by atoms with E-state index in [9.17, 15) is 4.79 Å². The number of hydrogen-bond acceptors (Lipinski definition) is 3. The van der Waals surface area contributed by atoms with Crippen molar-refractivity contribution in [2.45, 2.75) is 40.0 Å². The molecule has 0 saturated heterocycles. The average Bonchev–Trinajstić information content (AvgIpc) is 2.12. The Balaban J connectivity index is 3.66. The van der Waals surface area contributed by atoms with Crippen molar-refractivity contribution < 1.29 is 14.6 Å². The zero-order valence-electron chi connectivity index (χ0n) is 9.45. The van der Waals surface area contributed by atoms with Gasteiger partial charge in [0.15, 0.2) is 0 Å². The van der Waals surface area contributed by atoms with Crippen LogP contribution >= 0.6 is 0 Å². The lowest BCUT2D eigenvalue weighted by atomic mass is 9.99. The third-order valence-corrected chi connectivity index (χ3v) is 2.00. The summed E-state index contributed by atoms with van der Waals surface area (Å²) in [5, 5.41) is 9.03. The molecule has 0 spiro atoms. The predicted molar refractivity (Wildman–Crippen MR) is 55.9 cm³/mol. The highest BCUT2D eigenvalue weighted by atomic mass is 16.5. The lowest BCUT2D eigenvalue weighted by Gasteiger charge is -2.16. The molecule has 1 N–H and O–H groups in total. The molecule has 0 amide bonds. The van der Waals surface area contributed by atoms with Crippen LogP contribution in [0.4, 0.5) is 0 Å². The van der Waals surface area contributed by atoms with Crippen LogP contribution in [-0.4, -0.2) is 24.3 Å². The molecule has 3 heteroatoms. The molecule has 0 bridgehead atoms. The zero-order chi connectivity index (χ0) is 11.0. The van der Waals surface area contributed by atoms with Crippen LogP contribution in [0.1, 0.15) is 40.0 Å². The van der Waals surface area contributed by atoms with Crippen molar-refractivity contribution >= 4 is 5.97 Å². The van der Waals surface area contributed by atoms with Crippen molar-refractivity contribution in [2.24, 2.45) is 11.8 Å². The van der Waals surface area contributed by atoms with Gasteiger partial charge in [0.05, 0.1) is 6.61 Å². The summed E-state index contributed by atoms with van der Waals surface area (Å²) in [6.45, 7) is 6.58. The minimum absolute atomic E-state index is 0.0933. The van der Waals surface area contributed by atoms with Gasteiger partial charge in [-0.25, -0.2) is 0 Å². The minimum Gasteiger partial charge on any atom is -0.465 e. The monoisotopic (exact) mass is 202 g/mol. The fourth-order valence-corrected chi connectivity index (χ4v) is 1.35. The fraction of sp³-hybridized carbons (Fsp3) is 0.909. The summed E-state index contributed by atoms with van der Waals surface area (Å²) in [6.07, 6.45) is 2.18. The third-order valence-electron chi connectivity index (χ3n) is 2.00. The summed E-state index contributed by atoms with van der Waals surface area (Å²) in [6, 6.07) is 0. The first-order valence-corrected chi connectivity index (χ1v) is 5.36. The molecule has 0 heterocycles. The number of carbonyl (C=O) groups is 1. The van der Waals surface area contributed by atoms with Gasteiger partial charge >= 0.3 is 5.97 Å². The SMILES string of the molecule is CCCC(=O)OCC(CO)CC(C)C. The molecule has 84 valence electrons. The van der Waals surface area contributed by atoms with E-state index in [1.54, 1.807) is 0 Å². The molecule has 0 saturated carbocycles. The number of aliphatic hydroxyl groups is 1. The Morgan fingerprint density at radius 1 is 1.43 bits per heavy atom. The number of esters is 1. The predicted octanol–water partition coefficient (Wildman–Crippen LogP) is 1.98. The molecule has 0 fully saturated rings. The van der Waals surface area contributed by atoms with Gasteiger partial charge in [-0.05, 0) is 18.8 Å². The maximum Gasteiger partial charge on any atom is 0.305 e. The highest BCUT2D eigenvalue weighted by Gasteiger charge is 2.12. The van der Waals surface area contributed by atoms with Crippen LogP contribution in [0.2, 0.25) is 0 Å². The van der Waals surface area contributed by atoms with Crippen LogP contribution in [0.3, 0.4) is 0 Å². The van der Waals surface area contributed by atoms with Crippen molar-refractivity contribution in [1.29, 1.82) is 0 Å². The first-order valence-electron chi connectivity index (χ1n) is 5.36. The fourth-order valence-electron chi connectivity index (χ4n) is 1.35. The molecule has 3 nitrogen and oxygen atoms in total. The topological polar surface area (TPSA) is 46.5 Å². The Labute approximate surface area is 86.5 Å². The highest BCUT2D eigenvalue weighted by Crippen LogP contribution is 2.11. The molecule has 0 aliphatic carbocycles. The van der Waals surface area contributed by atoms with Crippen LogP contribution < -0.4 is 0 Å². The quantitative estimate of drug-likeness (QED) is 0.642. The van der Waals surface area contributed by atoms with E-state index < -0.39 is 0 Å². The lowest BCUT2D eigenvalue weighted by Crippen LogP contribution is -2.18. The summed E-state index contributed by atoms with van der Waals surface area (Å²) in [4.78, 5) is 11.0. The smallest absolute Gasteiger partial charge is 0.305 e. The average molecular weight is 202 g/mol. The molecule has 0 aliphatic heterocycles. The van der Waals surface area contributed by atoms with E-state index in [2.05, 4.69) is 13.8 Å². The number of rotatable bonds is 7. The Bertz CT molecular complexity index is 155. The van der Waals surface area contributed by atoms with Gasteiger partial charge in [0.25, 0.3) is 0 Å². The second-order valence-corrected chi connectivity index (χ2v) is 4.11. The standard InChI is InChI=1S/C11H22O3/c1-4-5-11(13)14-8-10(7-12)6-9(2)3/h9-10,12H,4-8H2,1-3H3. The highest BCUT2D eigenvalue weighted by molar-refractivity contribution is 5.69. The number of carbonyl (C=O) groups excluding carboxylic acids is 1. The van der Waals surface area contributed by atoms with Gasteiger partial charge in [-0.1, -0.05) is 20.8 Å². The Morgan fingerprint density at radius 2 is 2.07 bits per heavy atom. The summed E-state index contributed by atoms with van der Waals surface area (Å²) >= 11 is 0. The normalized spacial score (nSPS) is 12.9. The molecule has 1 atom stereocenters. The van der Waals surface area contributed by atoms with Gasteiger partial charge in [-0.3, -0.25) is 4.79 Å². The summed E-state index contributed by atoms with van der Waals surface area (Å²) in [5.41, 5.74) is 0. The maximum absolute atomic E-state index is 11.0. The van der Waals surface area contributed by atoms with E-state index in [0.29, 0.717) is 18.9 Å². The second kappa shape index (κ2) is 7.80. The Kier molecular flexibility index (Phi) is 7.48. The molecule has 0 aliphatic rings. The van der Waals surface area contributed by atoms with E-state index in [1.807, 2.05) is 6.92 Å². The van der Waals surface area contributed by atoms with Gasteiger partial charge in [0, 0.05) is 18.9 Å². The lowest BCUT2D eigenvalue weighted by molar-refractivity contribution is -0.145. The van der Waals surface area contributed by atoms with Crippen LogP contribution in [0.5, 0.6) is 0 Å². The van der Waals surface area contributed by atoms with Crippen LogP contribution in [0.15, 0.2) is 0 Å². The Hall–Kier alpha value is -0.570. The van der Waals surface area contributed by atoms with Crippen LogP contribution in [-0.2, 0) is 9.53 Å². The molecule has 0 aromatic carbocycles. The number of aliphatic hydroxyl groups excluding tert-OH is 1. The van der Waals surface area contributed by atoms with Crippen LogP contribution in [0, 0.1) is 11.8 Å². The van der Waals surface area contributed by atoms with Crippen LogP contribution in [0.25, 0.3) is 0 Å². The molecular weight excluding hydrogens is 180 g/mol. The van der Waals surface area contributed by atoms with Gasteiger partial charge < -0.3 is 9.84 Å². The third kappa shape index (κ3) is 6.89. The first kappa shape index (κ1) is 13.4. The maximum atomic E-state index is 11.0. The van der Waals surface area contributed by atoms with Gasteiger partial charge in [0.1, 0.15) is 0 Å². The first-order chi connectivity index (χ1) is 6.60. The second-order valence-electron chi connectivity index (χ2n) is 4.11.